The Kier molecular flexibility index (Phi) is 3.34. The molecule has 2 rings (SSSR count). The molecular formula is C11H12N2O4. The van der Waals surface area contributed by atoms with E-state index in [2.05, 4.69) is 10.3 Å². The second kappa shape index (κ2) is 4.92. The molecule has 1 fully saturated rings. The number of carbonyl (C=O) groups is 2. The highest BCUT2D eigenvalue weighted by Crippen LogP contribution is 2.18. The van der Waals surface area contributed by atoms with Crippen LogP contribution in [0.4, 0.5) is 5.69 Å². The zero-order valence-electron chi connectivity index (χ0n) is 9.05. The number of amides is 1. The van der Waals surface area contributed by atoms with Crippen molar-refractivity contribution in [1.82, 2.24) is 4.98 Å². The fourth-order valence-electron chi connectivity index (χ4n) is 1.66. The molecule has 0 spiro atoms. The first-order chi connectivity index (χ1) is 8.18. The number of aromatic carboxylic acids is 1. The molecule has 1 aliphatic rings. The number of hydrogen-bond donors (Lipinski definition) is 2. The van der Waals surface area contributed by atoms with Crippen molar-refractivity contribution < 1.29 is 19.4 Å². The van der Waals surface area contributed by atoms with Crippen LogP contribution in [-0.4, -0.2) is 35.2 Å². The second-order valence-electron chi connectivity index (χ2n) is 3.78. The number of rotatable bonds is 3. The van der Waals surface area contributed by atoms with Crippen LogP contribution < -0.4 is 5.32 Å². The number of pyridine rings is 1. The minimum Gasteiger partial charge on any atom is -0.478 e. The standard InChI is InChI=1S/C11H12N2O4/c14-10(7-2-4-17-6-7)13-9-5-12-3-1-8(9)11(15)16/h1,3,5,7H,2,4,6H2,(H,13,14)(H,15,16). The topological polar surface area (TPSA) is 88.5 Å². The van der Waals surface area contributed by atoms with Gasteiger partial charge in [0.25, 0.3) is 0 Å². The van der Waals surface area contributed by atoms with Gasteiger partial charge in [-0.25, -0.2) is 4.79 Å². The number of ether oxygens (including phenoxy) is 1. The summed E-state index contributed by atoms with van der Waals surface area (Å²) in [6.07, 6.45) is 3.36. The van der Waals surface area contributed by atoms with Crippen molar-refractivity contribution in [2.75, 3.05) is 18.5 Å². The smallest absolute Gasteiger partial charge is 0.337 e. The molecular weight excluding hydrogens is 224 g/mol. The Bertz CT molecular complexity index is 441. The summed E-state index contributed by atoms with van der Waals surface area (Å²) in [4.78, 5) is 26.5. The number of nitrogens with one attached hydrogen (secondary N) is 1. The van der Waals surface area contributed by atoms with Crippen molar-refractivity contribution in [3.8, 4) is 0 Å². The summed E-state index contributed by atoms with van der Waals surface area (Å²) in [6.45, 7) is 0.950. The Morgan fingerprint density at radius 2 is 2.35 bits per heavy atom. The number of nitrogens with zero attached hydrogens (tertiary/aromatic N) is 1. The molecule has 1 atom stereocenters. The van der Waals surface area contributed by atoms with E-state index >= 15 is 0 Å². The molecule has 1 aromatic heterocycles. The molecule has 0 saturated carbocycles. The van der Waals surface area contributed by atoms with E-state index in [-0.39, 0.29) is 23.1 Å². The van der Waals surface area contributed by atoms with Crippen molar-refractivity contribution in [2.45, 2.75) is 6.42 Å². The molecule has 1 amide bonds. The lowest BCUT2D eigenvalue weighted by Crippen LogP contribution is -2.24. The second-order valence-corrected chi connectivity index (χ2v) is 3.78. The van der Waals surface area contributed by atoms with Crippen molar-refractivity contribution in [3.63, 3.8) is 0 Å². The molecule has 2 heterocycles. The average molecular weight is 236 g/mol. The molecule has 1 saturated heterocycles. The van der Waals surface area contributed by atoms with Gasteiger partial charge in [-0.15, -0.1) is 0 Å². The molecule has 90 valence electrons. The number of hydrogen-bond acceptors (Lipinski definition) is 4. The molecule has 0 bridgehead atoms. The lowest BCUT2D eigenvalue weighted by atomic mass is 10.1. The van der Waals surface area contributed by atoms with Gasteiger partial charge in [-0.1, -0.05) is 0 Å². The third-order valence-corrected chi connectivity index (χ3v) is 2.61. The molecule has 6 nitrogen and oxygen atoms in total. The van der Waals surface area contributed by atoms with Crippen LogP contribution in [0.15, 0.2) is 18.5 Å². The monoisotopic (exact) mass is 236 g/mol. The van der Waals surface area contributed by atoms with Crippen LogP contribution in [0.3, 0.4) is 0 Å². The van der Waals surface area contributed by atoms with E-state index in [1.54, 1.807) is 0 Å². The number of carboxylic acid groups (broad SMARTS) is 1. The third-order valence-electron chi connectivity index (χ3n) is 2.61. The molecule has 0 radical (unpaired) electrons. The van der Waals surface area contributed by atoms with Gasteiger partial charge in [0.05, 0.1) is 30.0 Å². The normalized spacial score (nSPS) is 18.9. The SMILES string of the molecule is O=C(O)c1ccncc1NC(=O)C1CCOC1. The summed E-state index contributed by atoms with van der Waals surface area (Å²) in [7, 11) is 0. The maximum Gasteiger partial charge on any atom is 0.337 e. The van der Waals surface area contributed by atoms with Gasteiger partial charge in [0.15, 0.2) is 0 Å². The molecule has 0 aliphatic carbocycles. The Balaban J connectivity index is 2.12. The molecule has 0 aromatic carbocycles. The zero-order valence-corrected chi connectivity index (χ0v) is 9.05. The Morgan fingerprint density at radius 3 is 3.00 bits per heavy atom. The summed E-state index contributed by atoms with van der Waals surface area (Å²) in [5, 5.41) is 11.5. The Labute approximate surface area is 97.6 Å². The van der Waals surface area contributed by atoms with Crippen molar-refractivity contribution >= 4 is 17.6 Å². The van der Waals surface area contributed by atoms with E-state index in [9.17, 15) is 9.59 Å². The van der Waals surface area contributed by atoms with Crippen molar-refractivity contribution in [3.05, 3.63) is 24.0 Å². The van der Waals surface area contributed by atoms with E-state index in [1.165, 1.54) is 18.5 Å². The van der Waals surface area contributed by atoms with E-state index in [1.807, 2.05) is 0 Å². The first-order valence-electron chi connectivity index (χ1n) is 5.24. The fourth-order valence-corrected chi connectivity index (χ4v) is 1.66. The lowest BCUT2D eigenvalue weighted by molar-refractivity contribution is -0.119. The van der Waals surface area contributed by atoms with Crippen LogP contribution >= 0.6 is 0 Å². The minimum absolute atomic E-state index is 0.0345. The average Bonchev–Trinajstić information content (AvgIpc) is 2.83. The maximum absolute atomic E-state index is 11.8. The van der Waals surface area contributed by atoms with Gasteiger partial charge in [-0.2, -0.15) is 0 Å². The quantitative estimate of drug-likeness (QED) is 0.808. The van der Waals surface area contributed by atoms with E-state index in [0.717, 1.165) is 0 Å². The first-order valence-corrected chi connectivity index (χ1v) is 5.24. The van der Waals surface area contributed by atoms with E-state index in [4.69, 9.17) is 9.84 Å². The summed E-state index contributed by atoms with van der Waals surface area (Å²) in [6, 6.07) is 1.35. The number of aromatic nitrogens is 1. The number of carbonyl (C=O) groups excluding carboxylic acids is 1. The van der Waals surface area contributed by atoms with Crippen LogP contribution in [0.1, 0.15) is 16.8 Å². The van der Waals surface area contributed by atoms with Gasteiger partial charge >= 0.3 is 5.97 Å². The number of anilines is 1. The van der Waals surface area contributed by atoms with E-state index < -0.39 is 5.97 Å². The number of carboxylic acids is 1. The van der Waals surface area contributed by atoms with Gasteiger partial charge in [0, 0.05) is 12.8 Å². The third kappa shape index (κ3) is 2.59. The Hall–Kier alpha value is -1.95. The van der Waals surface area contributed by atoms with Gasteiger partial charge in [-0.05, 0) is 12.5 Å². The van der Waals surface area contributed by atoms with Gasteiger partial charge in [0.1, 0.15) is 0 Å². The highest BCUT2D eigenvalue weighted by atomic mass is 16.5. The van der Waals surface area contributed by atoms with Gasteiger partial charge in [0.2, 0.25) is 5.91 Å². The maximum atomic E-state index is 11.8. The minimum atomic E-state index is -1.09. The Morgan fingerprint density at radius 1 is 1.53 bits per heavy atom. The van der Waals surface area contributed by atoms with Crippen LogP contribution in [0, 0.1) is 5.92 Å². The van der Waals surface area contributed by atoms with Crippen molar-refractivity contribution in [1.29, 1.82) is 0 Å². The molecule has 2 N–H and O–H groups in total. The van der Waals surface area contributed by atoms with Crippen LogP contribution in [0.2, 0.25) is 0 Å². The van der Waals surface area contributed by atoms with Gasteiger partial charge < -0.3 is 15.2 Å². The molecule has 1 aromatic rings. The first kappa shape index (κ1) is 11.5. The molecule has 17 heavy (non-hydrogen) atoms. The molecule has 6 heteroatoms. The van der Waals surface area contributed by atoms with Gasteiger partial charge in [-0.3, -0.25) is 9.78 Å². The van der Waals surface area contributed by atoms with Crippen LogP contribution in [-0.2, 0) is 9.53 Å². The van der Waals surface area contributed by atoms with Crippen LogP contribution in [0.5, 0.6) is 0 Å². The highest BCUT2D eigenvalue weighted by Gasteiger charge is 2.24. The largest absolute Gasteiger partial charge is 0.478 e. The summed E-state index contributed by atoms with van der Waals surface area (Å²) >= 11 is 0. The lowest BCUT2D eigenvalue weighted by Gasteiger charge is -2.10. The summed E-state index contributed by atoms with van der Waals surface area (Å²) in [5.41, 5.74) is 0.254. The summed E-state index contributed by atoms with van der Waals surface area (Å²) < 4.78 is 5.10. The van der Waals surface area contributed by atoms with E-state index in [0.29, 0.717) is 19.6 Å². The highest BCUT2D eigenvalue weighted by molar-refractivity contribution is 6.00. The summed E-state index contributed by atoms with van der Waals surface area (Å²) in [5.74, 6) is -1.53. The fraction of sp³-hybridized carbons (Fsp3) is 0.364. The predicted molar refractivity (Wildman–Crippen MR) is 58.8 cm³/mol. The van der Waals surface area contributed by atoms with Crippen molar-refractivity contribution in [2.24, 2.45) is 5.92 Å². The molecule has 1 unspecified atom stereocenters. The van der Waals surface area contributed by atoms with Crippen LogP contribution in [0.25, 0.3) is 0 Å². The molecule has 1 aliphatic heterocycles. The zero-order chi connectivity index (χ0) is 12.3. The predicted octanol–water partition coefficient (Wildman–Crippen LogP) is 0.755.